The number of hydrogen-bond acceptors (Lipinski definition) is 4. The van der Waals surface area contributed by atoms with Crippen LogP contribution in [-0.2, 0) is 6.54 Å². The largest absolute Gasteiger partial charge is 0.370 e. The third-order valence-corrected chi connectivity index (χ3v) is 4.36. The van der Waals surface area contributed by atoms with E-state index in [4.69, 9.17) is 0 Å². The van der Waals surface area contributed by atoms with E-state index in [0.29, 0.717) is 11.6 Å². The Kier molecular flexibility index (Phi) is 4.28. The lowest BCUT2D eigenvalue weighted by Gasteiger charge is -2.35. The van der Waals surface area contributed by atoms with E-state index >= 15 is 0 Å². The van der Waals surface area contributed by atoms with Crippen LogP contribution in [-0.4, -0.2) is 27.9 Å². The molecule has 3 rings (SSSR count). The van der Waals surface area contributed by atoms with Gasteiger partial charge in [0.1, 0.15) is 29.1 Å². The number of aromatic nitrogens is 3. The summed E-state index contributed by atoms with van der Waals surface area (Å²) in [6.07, 6.45) is 2.13. The van der Waals surface area contributed by atoms with Crippen molar-refractivity contribution < 1.29 is 4.39 Å². The Hall–Kier alpha value is -2.42. The first-order chi connectivity index (χ1) is 11.1. The van der Waals surface area contributed by atoms with Crippen LogP contribution in [0.1, 0.15) is 30.1 Å². The fraction of sp³-hybridized carbons (Fsp3) is 0.471. The Morgan fingerprint density at radius 1 is 1.39 bits per heavy atom. The third kappa shape index (κ3) is 3.19. The molecular formula is C17H20FN5. The Morgan fingerprint density at radius 2 is 2.22 bits per heavy atom. The van der Waals surface area contributed by atoms with Crippen molar-refractivity contribution in [2.75, 3.05) is 18.0 Å². The number of anilines is 1. The lowest BCUT2D eigenvalue weighted by atomic mass is 9.96. The molecule has 2 heterocycles. The van der Waals surface area contributed by atoms with Gasteiger partial charge < -0.3 is 4.90 Å². The molecule has 120 valence electrons. The average molecular weight is 313 g/mol. The van der Waals surface area contributed by atoms with Crippen molar-refractivity contribution in [3.63, 3.8) is 0 Å². The van der Waals surface area contributed by atoms with E-state index in [-0.39, 0.29) is 5.56 Å². The summed E-state index contributed by atoms with van der Waals surface area (Å²) in [5.41, 5.74) is 0.838. The fourth-order valence-corrected chi connectivity index (χ4v) is 3.30. The molecule has 0 bridgehead atoms. The van der Waals surface area contributed by atoms with Crippen LogP contribution < -0.4 is 4.90 Å². The maximum atomic E-state index is 13.8. The predicted octanol–water partition coefficient (Wildman–Crippen LogP) is 2.82. The highest BCUT2D eigenvalue weighted by molar-refractivity contribution is 5.60. The van der Waals surface area contributed by atoms with Gasteiger partial charge in [0, 0.05) is 19.6 Å². The average Bonchev–Trinajstić information content (AvgIpc) is 2.85. The SMILES string of the molecule is Cc1nc(C)n(C[C@H]2CCCN(c3cccc(F)c3C#N)C2)n1. The molecule has 0 N–H and O–H groups in total. The molecule has 5 nitrogen and oxygen atoms in total. The molecule has 0 spiro atoms. The Balaban J connectivity index is 1.78. The van der Waals surface area contributed by atoms with E-state index in [9.17, 15) is 9.65 Å². The van der Waals surface area contributed by atoms with Gasteiger partial charge in [-0.3, -0.25) is 0 Å². The Labute approximate surface area is 135 Å². The molecule has 0 unspecified atom stereocenters. The zero-order valence-electron chi connectivity index (χ0n) is 13.5. The van der Waals surface area contributed by atoms with Gasteiger partial charge in [-0.25, -0.2) is 14.1 Å². The molecular weight excluding hydrogens is 293 g/mol. The summed E-state index contributed by atoms with van der Waals surface area (Å²) >= 11 is 0. The number of aryl methyl sites for hydroxylation is 2. The van der Waals surface area contributed by atoms with E-state index in [1.807, 2.05) is 30.7 Å². The monoisotopic (exact) mass is 313 g/mol. The van der Waals surface area contributed by atoms with Gasteiger partial charge in [0.15, 0.2) is 0 Å². The van der Waals surface area contributed by atoms with E-state index < -0.39 is 5.82 Å². The lowest BCUT2D eigenvalue weighted by molar-refractivity contribution is 0.347. The van der Waals surface area contributed by atoms with Gasteiger partial charge in [-0.15, -0.1) is 0 Å². The van der Waals surface area contributed by atoms with E-state index in [2.05, 4.69) is 15.0 Å². The van der Waals surface area contributed by atoms with Gasteiger partial charge in [-0.2, -0.15) is 10.4 Å². The third-order valence-electron chi connectivity index (χ3n) is 4.36. The van der Waals surface area contributed by atoms with Crippen LogP contribution >= 0.6 is 0 Å². The first kappa shape index (κ1) is 15.5. The minimum absolute atomic E-state index is 0.140. The van der Waals surface area contributed by atoms with E-state index in [0.717, 1.165) is 44.1 Å². The molecule has 0 amide bonds. The van der Waals surface area contributed by atoms with Crippen molar-refractivity contribution in [3.05, 3.63) is 41.2 Å². The number of rotatable bonds is 3. The number of nitrogens with zero attached hydrogens (tertiary/aromatic N) is 5. The van der Waals surface area contributed by atoms with Gasteiger partial charge in [-0.1, -0.05) is 6.07 Å². The molecule has 1 aliphatic heterocycles. The molecule has 1 aromatic heterocycles. The van der Waals surface area contributed by atoms with Crippen LogP contribution in [0.25, 0.3) is 0 Å². The second-order valence-corrected chi connectivity index (χ2v) is 6.09. The van der Waals surface area contributed by atoms with Crippen LogP contribution in [0.15, 0.2) is 18.2 Å². The molecule has 0 radical (unpaired) electrons. The number of piperidine rings is 1. The minimum Gasteiger partial charge on any atom is -0.370 e. The fourth-order valence-electron chi connectivity index (χ4n) is 3.30. The molecule has 0 aliphatic carbocycles. The van der Waals surface area contributed by atoms with E-state index in [1.165, 1.54) is 6.07 Å². The van der Waals surface area contributed by atoms with Gasteiger partial charge >= 0.3 is 0 Å². The first-order valence-corrected chi connectivity index (χ1v) is 7.90. The molecule has 1 saturated heterocycles. The maximum absolute atomic E-state index is 13.8. The predicted molar refractivity (Wildman–Crippen MR) is 85.5 cm³/mol. The lowest BCUT2D eigenvalue weighted by Crippen LogP contribution is -2.37. The van der Waals surface area contributed by atoms with Gasteiger partial charge in [0.2, 0.25) is 0 Å². The standard InChI is InChI=1S/C17H20FN5/c1-12-20-13(2)23(21-12)11-14-5-4-8-22(10-14)17-7-3-6-16(18)15(17)9-19/h3,6-7,14H,4-5,8,10-11H2,1-2H3/t14-/m0/s1. The van der Waals surface area contributed by atoms with Crippen LogP contribution in [0.3, 0.4) is 0 Å². The van der Waals surface area contributed by atoms with Gasteiger partial charge in [0.25, 0.3) is 0 Å². The first-order valence-electron chi connectivity index (χ1n) is 7.90. The second kappa shape index (κ2) is 6.37. The Bertz CT molecular complexity index is 746. The highest BCUT2D eigenvalue weighted by atomic mass is 19.1. The molecule has 23 heavy (non-hydrogen) atoms. The number of halogens is 1. The highest BCUT2D eigenvalue weighted by Gasteiger charge is 2.24. The summed E-state index contributed by atoms with van der Waals surface area (Å²) in [7, 11) is 0. The zero-order valence-corrected chi connectivity index (χ0v) is 13.5. The maximum Gasteiger partial charge on any atom is 0.147 e. The van der Waals surface area contributed by atoms with E-state index in [1.54, 1.807) is 6.07 Å². The molecule has 1 fully saturated rings. The van der Waals surface area contributed by atoms with Crippen molar-refractivity contribution in [1.82, 2.24) is 14.8 Å². The molecule has 0 saturated carbocycles. The summed E-state index contributed by atoms with van der Waals surface area (Å²) in [4.78, 5) is 6.46. The summed E-state index contributed by atoms with van der Waals surface area (Å²) < 4.78 is 15.8. The topological polar surface area (TPSA) is 57.7 Å². The smallest absolute Gasteiger partial charge is 0.147 e. The number of hydrogen-bond donors (Lipinski definition) is 0. The van der Waals surface area contributed by atoms with Crippen LogP contribution in [0, 0.1) is 36.9 Å². The van der Waals surface area contributed by atoms with Crippen LogP contribution in [0.4, 0.5) is 10.1 Å². The highest BCUT2D eigenvalue weighted by Crippen LogP contribution is 2.28. The molecule has 2 aromatic rings. The van der Waals surface area contributed by atoms with Gasteiger partial charge in [-0.05, 0) is 44.7 Å². The van der Waals surface area contributed by atoms with Crippen molar-refractivity contribution >= 4 is 5.69 Å². The van der Waals surface area contributed by atoms with Crippen molar-refractivity contribution in [2.24, 2.45) is 5.92 Å². The molecule has 6 heteroatoms. The summed E-state index contributed by atoms with van der Waals surface area (Å²) in [5, 5.41) is 13.7. The molecule has 1 aliphatic rings. The summed E-state index contributed by atoms with van der Waals surface area (Å²) in [6.45, 7) is 6.31. The minimum atomic E-state index is -0.449. The molecule has 1 aromatic carbocycles. The zero-order chi connectivity index (χ0) is 16.4. The second-order valence-electron chi connectivity index (χ2n) is 6.09. The molecule has 1 atom stereocenters. The van der Waals surface area contributed by atoms with Crippen LogP contribution in [0.5, 0.6) is 0 Å². The van der Waals surface area contributed by atoms with Gasteiger partial charge in [0.05, 0.1) is 5.69 Å². The normalized spacial score (nSPS) is 18.0. The number of nitriles is 1. The summed E-state index contributed by atoms with van der Waals surface area (Å²) in [5.74, 6) is 1.67. The van der Waals surface area contributed by atoms with Crippen molar-refractivity contribution in [1.29, 1.82) is 5.26 Å². The quantitative estimate of drug-likeness (QED) is 0.874. The van der Waals surface area contributed by atoms with Crippen LogP contribution in [0.2, 0.25) is 0 Å². The summed E-state index contributed by atoms with van der Waals surface area (Å²) in [6, 6.07) is 6.83. The number of benzene rings is 1. The van der Waals surface area contributed by atoms with Crippen molar-refractivity contribution in [3.8, 4) is 6.07 Å². The Morgan fingerprint density at radius 3 is 2.91 bits per heavy atom. The van der Waals surface area contributed by atoms with Crippen molar-refractivity contribution in [2.45, 2.75) is 33.2 Å².